The Morgan fingerprint density at radius 3 is 2.78 bits per heavy atom. The van der Waals surface area contributed by atoms with Gasteiger partial charge in [-0.3, -0.25) is 9.59 Å². The summed E-state index contributed by atoms with van der Waals surface area (Å²) in [4.78, 5) is 25.2. The van der Waals surface area contributed by atoms with Crippen molar-refractivity contribution in [1.29, 1.82) is 0 Å². The summed E-state index contributed by atoms with van der Waals surface area (Å²) < 4.78 is 0. The SMILES string of the molecule is O=C(O)CCc1cccc(NC(=O)c2cc3c(s2)CCCC3)c1. The van der Waals surface area contributed by atoms with Gasteiger partial charge in [0.1, 0.15) is 0 Å². The Bertz CT molecular complexity index is 712. The summed E-state index contributed by atoms with van der Waals surface area (Å²) in [7, 11) is 0. The molecule has 1 heterocycles. The number of aryl methyl sites for hydroxylation is 3. The number of fused-ring (bicyclic) bond motifs is 1. The monoisotopic (exact) mass is 329 g/mol. The van der Waals surface area contributed by atoms with Gasteiger partial charge < -0.3 is 10.4 Å². The Hall–Kier alpha value is -2.14. The third-order valence-corrected chi connectivity index (χ3v) is 5.27. The average Bonchev–Trinajstić information content (AvgIpc) is 2.97. The molecule has 0 aliphatic heterocycles. The van der Waals surface area contributed by atoms with E-state index >= 15 is 0 Å². The van der Waals surface area contributed by atoms with Crippen LogP contribution in [0.1, 0.15) is 44.9 Å². The highest BCUT2D eigenvalue weighted by atomic mass is 32.1. The van der Waals surface area contributed by atoms with Crippen molar-refractivity contribution in [1.82, 2.24) is 0 Å². The smallest absolute Gasteiger partial charge is 0.303 e. The van der Waals surface area contributed by atoms with E-state index in [1.165, 1.54) is 23.3 Å². The summed E-state index contributed by atoms with van der Waals surface area (Å²) in [5, 5.41) is 11.7. The van der Waals surface area contributed by atoms with Gasteiger partial charge >= 0.3 is 5.97 Å². The number of nitrogens with one attached hydrogen (secondary N) is 1. The molecule has 0 saturated carbocycles. The number of benzene rings is 1. The van der Waals surface area contributed by atoms with Crippen LogP contribution in [0.5, 0.6) is 0 Å². The molecule has 4 nitrogen and oxygen atoms in total. The lowest BCUT2D eigenvalue weighted by Crippen LogP contribution is -2.10. The zero-order valence-corrected chi connectivity index (χ0v) is 13.6. The maximum Gasteiger partial charge on any atom is 0.303 e. The summed E-state index contributed by atoms with van der Waals surface area (Å²) in [6, 6.07) is 9.40. The van der Waals surface area contributed by atoms with Crippen LogP contribution >= 0.6 is 11.3 Å². The van der Waals surface area contributed by atoms with Crippen molar-refractivity contribution in [2.24, 2.45) is 0 Å². The van der Waals surface area contributed by atoms with Crippen LogP contribution in [0.3, 0.4) is 0 Å². The van der Waals surface area contributed by atoms with Gasteiger partial charge in [-0.25, -0.2) is 0 Å². The van der Waals surface area contributed by atoms with E-state index in [-0.39, 0.29) is 12.3 Å². The Balaban J connectivity index is 1.68. The zero-order valence-electron chi connectivity index (χ0n) is 12.8. The molecule has 1 amide bonds. The minimum atomic E-state index is -0.816. The Morgan fingerprint density at radius 1 is 1.17 bits per heavy atom. The molecule has 3 rings (SSSR count). The molecule has 1 aliphatic rings. The maximum atomic E-state index is 12.4. The van der Waals surface area contributed by atoms with E-state index in [4.69, 9.17) is 5.11 Å². The fourth-order valence-corrected chi connectivity index (χ4v) is 4.00. The van der Waals surface area contributed by atoms with Crippen molar-refractivity contribution in [2.45, 2.75) is 38.5 Å². The molecule has 5 heteroatoms. The summed E-state index contributed by atoms with van der Waals surface area (Å²) >= 11 is 1.59. The Labute approximate surface area is 139 Å². The van der Waals surface area contributed by atoms with E-state index in [1.807, 2.05) is 30.3 Å². The Kier molecular flexibility index (Phi) is 4.76. The van der Waals surface area contributed by atoms with Crippen molar-refractivity contribution in [3.05, 3.63) is 51.2 Å². The van der Waals surface area contributed by atoms with Crippen LogP contribution < -0.4 is 5.32 Å². The van der Waals surface area contributed by atoms with E-state index in [0.717, 1.165) is 23.3 Å². The second kappa shape index (κ2) is 6.96. The minimum absolute atomic E-state index is 0.0835. The molecule has 0 spiro atoms. The lowest BCUT2D eigenvalue weighted by Gasteiger charge is -2.08. The molecule has 120 valence electrons. The van der Waals surface area contributed by atoms with E-state index in [2.05, 4.69) is 5.32 Å². The maximum absolute atomic E-state index is 12.4. The van der Waals surface area contributed by atoms with Gasteiger partial charge in [0.2, 0.25) is 0 Å². The van der Waals surface area contributed by atoms with Gasteiger partial charge in [0.15, 0.2) is 0 Å². The number of carboxylic acid groups (broad SMARTS) is 1. The van der Waals surface area contributed by atoms with Crippen LogP contribution in [0.2, 0.25) is 0 Å². The molecular weight excluding hydrogens is 310 g/mol. The number of carbonyl (C=O) groups excluding carboxylic acids is 1. The first-order valence-electron chi connectivity index (χ1n) is 7.85. The molecule has 0 fully saturated rings. The molecule has 1 aromatic heterocycles. The molecule has 0 radical (unpaired) electrons. The molecule has 23 heavy (non-hydrogen) atoms. The first-order valence-corrected chi connectivity index (χ1v) is 8.67. The molecule has 1 aliphatic carbocycles. The second-order valence-corrected chi connectivity index (χ2v) is 6.95. The van der Waals surface area contributed by atoms with Gasteiger partial charge in [-0.05, 0) is 61.4 Å². The standard InChI is InChI=1S/C18H19NO3S/c20-17(21)9-8-12-4-3-6-14(10-12)19-18(22)16-11-13-5-1-2-7-15(13)23-16/h3-4,6,10-11H,1-2,5,7-9H2,(H,19,22)(H,20,21). The van der Waals surface area contributed by atoms with Crippen molar-refractivity contribution in [3.8, 4) is 0 Å². The van der Waals surface area contributed by atoms with Crippen molar-refractivity contribution in [3.63, 3.8) is 0 Å². The molecule has 2 aromatic rings. The lowest BCUT2D eigenvalue weighted by molar-refractivity contribution is -0.136. The fourth-order valence-electron chi connectivity index (χ4n) is 2.85. The third-order valence-electron chi connectivity index (χ3n) is 4.03. The number of amides is 1. The molecular formula is C18H19NO3S. The molecule has 0 unspecified atom stereocenters. The number of thiophene rings is 1. The van der Waals surface area contributed by atoms with Crippen molar-refractivity contribution < 1.29 is 14.7 Å². The van der Waals surface area contributed by atoms with E-state index in [0.29, 0.717) is 12.1 Å². The zero-order chi connectivity index (χ0) is 16.2. The summed E-state index contributed by atoms with van der Waals surface area (Å²) in [5.41, 5.74) is 2.95. The number of anilines is 1. The molecule has 2 N–H and O–H groups in total. The highest BCUT2D eigenvalue weighted by molar-refractivity contribution is 7.14. The third kappa shape index (κ3) is 3.99. The molecule has 0 atom stereocenters. The topological polar surface area (TPSA) is 66.4 Å². The summed E-state index contributed by atoms with van der Waals surface area (Å²) in [6.07, 6.45) is 5.12. The molecule has 1 aromatic carbocycles. The second-order valence-electron chi connectivity index (χ2n) is 5.81. The minimum Gasteiger partial charge on any atom is -0.481 e. The van der Waals surface area contributed by atoms with E-state index < -0.39 is 5.97 Å². The van der Waals surface area contributed by atoms with Gasteiger partial charge in [0.05, 0.1) is 4.88 Å². The van der Waals surface area contributed by atoms with Crippen LogP contribution in [-0.4, -0.2) is 17.0 Å². The van der Waals surface area contributed by atoms with E-state index in [1.54, 1.807) is 11.3 Å². The quantitative estimate of drug-likeness (QED) is 0.874. The first-order chi connectivity index (χ1) is 11.1. The number of carbonyl (C=O) groups is 2. The number of aliphatic carboxylic acids is 1. The predicted molar refractivity (Wildman–Crippen MR) is 91.3 cm³/mol. The summed E-state index contributed by atoms with van der Waals surface area (Å²) in [5.74, 6) is -0.900. The van der Waals surface area contributed by atoms with Crippen LogP contribution in [0, 0.1) is 0 Å². The summed E-state index contributed by atoms with van der Waals surface area (Å²) in [6.45, 7) is 0. The van der Waals surface area contributed by atoms with Crippen molar-refractivity contribution in [2.75, 3.05) is 5.32 Å². The lowest BCUT2D eigenvalue weighted by atomic mass is 9.99. The van der Waals surface area contributed by atoms with Crippen LogP contribution in [0.25, 0.3) is 0 Å². The van der Waals surface area contributed by atoms with Crippen molar-refractivity contribution >= 4 is 28.9 Å². The van der Waals surface area contributed by atoms with Crippen LogP contribution in [-0.2, 0) is 24.1 Å². The number of rotatable bonds is 5. The van der Waals surface area contributed by atoms with Gasteiger partial charge in [-0.15, -0.1) is 11.3 Å². The van der Waals surface area contributed by atoms with Gasteiger partial charge in [-0.1, -0.05) is 12.1 Å². The van der Waals surface area contributed by atoms with Crippen LogP contribution in [0.4, 0.5) is 5.69 Å². The largest absolute Gasteiger partial charge is 0.481 e. The van der Waals surface area contributed by atoms with Gasteiger partial charge in [0.25, 0.3) is 5.91 Å². The highest BCUT2D eigenvalue weighted by Gasteiger charge is 2.17. The van der Waals surface area contributed by atoms with Gasteiger partial charge in [-0.2, -0.15) is 0 Å². The highest BCUT2D eigenvalue weighted by Crippen LogP contribution is 2.30. The normalized spacial score (nSPS) is 13.4. The molecule has 0 bridgehead atoms. The van der Waals surface area contributed by atoms with Gasteiger partial charge in [0, 0.05) is 17.0 Å². The fraction of sp³-hybridized carbons (Fsp3) is 0.333. The van der Waals surface area contributed by atoms with Crippen LogP contribution in [0.15, 0.2) is 30.3 Å². The number of carboxylic acids is 1. The molecule has 0 saturated heterocycles. The average molecular weight is 329 g/mol. The number of hydrogen-bond acceptors (Lipinski definition) is 3. The first kappa shape index (κ1) is 15.7. The number of hydrogen-bond donors (Lipinski definition) is 2. The van der Waals surface area contributed by atoms with E-state index in [9.17, 15) is 9.59 Å². The Morgan fingerprint density at radius 2 is 2.00 bits per heavy atom. The predicted octanol–water partition coefficient (Wildman–Crippen LogP) is 3.90.